The van der Waals surface area contributed by atoms with Crippen LogP contribution in [0, 0.1) is 6.92 Å². The number of anilines is 1. The molecule has 2 rings (SSSR count). The molecule has 3 heteroatoms. The number of nitrogens with two attached hydrogens (primary N) is 1. The van der Waals surface area contributed by atoms with Crippen molar-refractivity contribution in [2.75, 3.05) is 5.73 Å². The molecule has 0 aliphatic rings. The van der Waals surface area contributed by atoms with Crippen LogP contribution in [0.3, 0.4) is 0 Å². The van der Waals surface area contributed by atoms with Crippen LogP contribution in [0.25, 0.3) is 11.1 Å². The third-order valence-electron chi connectivity index (χ3n) is 2.56. The van der Waals surface area contributed by atoms with Crippen molar-refractivity contribution < 1.29 is 10.2 Å². The second kappa shape index (κ2) is 3.77. The summed E-state index contributed by atoms with van der Waals surface area (Å²) in [5.41, 5.74) is 8.73. The number of phenolic OH excluding ortho intramolecular Hbond substituents is 2. The highest BCUT2D eigenvalue weighted by Crippen LogP contribution is 2.38. The summed E-state index contributed by atoms with van der Waals surface area (Å²) in [4.78, 5) is 0. The fourth-order valence-electron chi connectivity index (χ4n) is 1.58. The molecule has 0 heterocycles. The molecular formula is C13H13NO2. The zero-order valence-electron chi connectivity index (χ0n) is 8.94. The molecule has 16 heavy (non-hydrogen) atoms. The molecular weight excluding hydrogens is 202 g/mol. The van der Waals surface area contributed by atoms with Crippen LogP contribution >= 0.6 is 0 Å². The molecule has 0 amide bonds. The van der Waals surface area contributed by atoms with Crippen molar-refractivity contribution in [2.45, 2.75) is 6.92 Å². The minimum absolute atomic E-state index is 0.198. The van der Waals surface area contributed by atoms with Gasteiger partial charge in [-0.2, -0.15) is 0 Å². The first-order chi connectivity index (χ1) is 7.59. The van der Waals surface area contributed by atoms with Gasteiger partial charge < -0.3 is 15.9 Å². The fraction of sp³-hybridized carbons (Fsp3) is 0.0769. The Morgan fingerprint density at radius 3 is 2.19 bits per heavy atom. The number of aromatic hydroxyl groups is 2. The Bertz CT molecular complexity index is 518. The summed E-state index contributed by atoms with van der Waals surface area (Å²) >= 11 is 0. The van der Waals surface area contributed by atoms with E-state index in [1.165, 1.54) is 6.07 Å². The van der Waals surface area contributed by atoms with Crippen molar-refractivity contribution in [3.8, 4) is 22.6 Å². The largest absolute Gasteiger partial charge is 0.504 e. The van der Waals surface area contributed by atoms with E-state index >= 15 is 0 Å². The summed E-state index contributed by atoms with van der Waals surface area (Å²) in [6.07, 6.45) is 0. The van der Waals surface area contributed by atoms with Gasteiger partial charge in [0.05, 0.1) is 5.69 Å². The highest BCUT2D eigenvalue weighted by atomic mass is 16.3. The van der Waals surface area contributed by atoms with Crippen molar-refractivity contribution >= 4 is 5.69 Å². The van der Waals surface area contributed by atoms with Crippen LogP contribution < -0.4 is 5.73 Å². The molecule has 0 radical (unpaired) electrons. The molecule has 0 aliphatic carbocycles. The smallest absolute Gasteiger partial charge is 0.181 e. The Labute approximate surface area is 93.8 Å². The summed E-state index contributed by atoms with van der Waals surface area (Å²) in [7, 11) is 0. The summed E-state index contributed by atoms with van der Waals surface area (Å²) in [5, 5.41) is 18.8. The van der Waals surface area contributed by atoms with Crippen LogP contribution in [0.5, 0.6) is 11.5 Å². The monoisotopic (exact) mass is 215 g/mol. The number of hydrogen-bond acceptors (Lipinski definition) is 3. The highest BCUT2D eigenvalue weighted by molar-refractivity contribution is 5.82. The molecule has 0 aromatic heterocycles. The summed E-state index contributed by atoms with van der Waals surface area (Å²) < 4.78 is 0. The van der Waals surface area contributed by atoms with Crippen molar-refractivity contribution in [1.29, 1.82) is 0 Å². The van der Waals surface area contributed by atoms with E-state index in [4.69, 9.17) is 5.73 Å². The first-order valence-electron chi connectivity index (χ1n) is 4.97. The third-order valence-corrected chi connectivity index (χ3v) is 2.56. The number of aryl methyl sites for hydroxylation is 1. The molecule has 82 valence electrons. The number of rotatable bonds is 1. The molecule has 2 aromatic rings. The lowest BCUT2D eigenvalue weighted by atomic mass is 10.0. The molecule has 0 fully saturated rings. The van der Waals surface area contributed by atoms with Crippen LogP contribution in [0.1, 0.15) is 5.56 Å². The van der Waals surface area contributed by atoms with E-state index in [1.807, 2.05) is 31.2 Å². The molecule has 4 N–H and O–H groups in total. The van der Waals surface area contributed by atoms with Gasteiger partial charge in [-0.3, -0.25) is 0 Å². The maximum atomic E-state index is 9.53. The van der Waals surface area contributed by atoms with Crippen molar-refractivity contribution in [1.82, 2.24) is 0 Å². The van der Waals surface area contributed by atoms with Crippen molar-refractivity contribution in [3.63, 3.8) is 0 Å². The van der Waals surface area contributed by atoms with E-state index < -0.39 is 0 Å². The van der Waals surface area contributed by atoms with Gasteiger partial charge in [-0.25, -0.2) is 0 Å². The van der Waals surface area contributed by atoms with Crippen LogP contribution in [0.2, 0.25) is 0 Å². The zero-order chi connectivity index (χ0) is 11.7. The third kappa shape index (κ3) is 1.67. The van der Waals surface area contributed by atoms with Gasteiger partial charge >= 0.3 is 0 Å². The Balaban J connectivity index is 2.57. The highest BCUT2D eigenvalue weighted by Gasteiger charge is 2.10. The van der Waals surface area contributed by atoms with E-state index in [-0.39, 0.29) is 17.2 Å². The van der Waals surface area contributed by atoms with Gasteiger partial charge in [-0.05, 0) is 24.6 Å². The van der Waals surface area contributed by atoms with Crippen molar-refractivity contribution in [3.05, 3.63) is 42.0 Å². The second-order valence-electron chi connectivity index (χ2n) is 3.76. The molecule has 0 unspecified atom stereocenters. The maximum Gasteiger partial charge on any atom is 0.181 e. The number of benzene rings is 2. The van der Waals surface area contributed by atoms with Gasteiger partial charge in [0.15, 0.2) is 11.5 Å². The maximum absolute atomic E-state index is 9.53. The molecule has 3 nitrogen and oxygen atoms in total. The SMILES string of the molecule is Cc1ccc(-c2ccc(O)c(O)c2N)cc1. The van der Waals surface area contributed by atoms with Crippen LogP contribution in [0.4, 0.5) is 5.69 Å². The average molecular weight is 215 g/mol. The number of nitrogen functional groups attached to an aromatic ring is 1. The summed E-state index contributed by atoms with van der Waals surface area (Å²) in [6.45, 7) is 2.00. The molecule has 2 aromatic carbocycles. The minimum Gasteiger partial charge on any atom is -0.504 e. The van der Waals surface area contributed by atoms with Gasteiger partial charge in [-0.15, -0.1) is 0 Å². The zero-order valence-corrected chi connectivity index (χ0v) is 8.94. The van der Waals surface area contributed by atoms with Gasteiger partial charge in [0, 0.05) is 5.56 Å². The lowest BCUT2D eigenvalue weighted by molar-refractivity contribution is 0.406. The minimum atomic E-state index is -0.266. The van der Waals surface area contributed by atoms with Gasteiger partial charge in [0.25, 0.3) is 0 Å². The Kier molecular flexibility index (Phi) is 2.44. The molecule has 0 aliphatic heterocycles. The predicted molar refractivity (Wildman–Crippen MR) is 64.4 cm³/mol. The lowest BCUT2D eigenvalue weighted by Gasteiger charge is -2.09. The van der Waals surface area contributed by atoms with E-state index in [1.54, 1.807) is 6.07 Å². The number of phenols is 2. The van der Waals surface area contributed by atoms with Gasteiger partial charge in [-0.1, -0.05) is 29.8 Å². The number of hydrogen-bond donors (Lipinski definition) is 3. The topological polar surface area (TPSA) is 66.5 Å². The fourth-order valence-corrected chi connectivity index (χ4v) is 1.58. The van der Waals surface area contributed by atoms with Crippen LogP contribution in [-0.2, 0) is 0 Å². The van der Waals surface area contributed by atoms with Crippen LogP contribution in [-0.4, -0.2) is 10.2 Å². The summed E-state index contributed by atoms with van der Waals surface area (Å²) in [6, 6.07) is 10.9. The van der Waals surface area contributed by atoms with Gasteiger partial charge in [0.2, 0.25) is 0 Å². The van der Waals surface area contributed by atoms with E-state index in [0.717, 1.165) is 16.7 Å². The van der Waals surface area contributed by atoms with E-state index in [0.29, 0.717) is 0 Å². The van der Waals surface area contributed by atoms with E-state index in [2.05, 4.69) is 0 Å². The van der Waals surface area contributed by atoms with Crippen molar-refractivity contribution in [2.24, 2.45) is 0 Å². The molecule has 0 spiro atoms. The van der Waals surface area contributed by atoms with E-state index in [9.17, 15) is 10.2 Å². The Hall–Kier alpha value is -2.16. The molecule has 0 saturated carbocycles. The second-order valence-corrected chi connectivity index (χ2v) is 3.76. The average Bonchev–Trinajstić information content (AvgIpc) is 2.28. The molecule has 0 bridgehead atoms. The standard InChI is InChI=1S/C13H13NO2/c1-8-2-4-9(5-3-8)10-6-7-11(15)13(16)12(10)14/h2-7,15-16H,14H2,1H3. The summed E-state index contributed by atoms with van der Waals surface area (Å²) in [5.74, 6) is -0.466. The molecule has 0 atom stereocenters. The Morgan fingerprint density at radius 1 is 0.938 bits per heavy atom. The molecule has 0 saturated heterocycles. The Morgan fingerprint density at radius 2 is 1.56 bits per heavy atom. The van der Waals surface area contributed by atoms with Gasteiger partial charge in [0.1, 0.15) is 0 Å². The predicted octanol–water partition coefficient (Wildman–Crippen LogP) is 2.66. The first-order valence-corrected chi connectivity index (χ1v) is 4.97. The quantitative estimate of drug-likeness (QED) is 0.506. The normalized spacial score (nSPS) is 10.3. The lowest BCUT2D eigenvalue weighted by Crippen LogP contribution is -1.91. The van der Waals surface area contributed by atoms with Crippen LogP contribution in [0.15, 0.2) is 36.4 Å². The first kappa shape index (κ1) is 10.4.